The van der Waals surface area contributed by atoms with Crippen LogP contribution in [0.5, 0.6) is 5.75 Å². The number of hydrazine groups is 2. The van der Waals surface area contributed by atoms with Gasteiger partial charge >= 0.3 is 6.36 Å². The van der Waals surface area contributed by atoms with Gasteiger partial charge in [0.25, 0.3) is 0 Å². The minimum Gasteiger partial charge on any atom is -0.406 e. The Balaban J connectivity index is 1.41. The van der Waals surface area contributed by atoms with Gasteiger partial charge in [0.1, 0.15) is 17.8 Å². The molecule has 1 fully saturated rings. The number of hydrogen-bond acceptors (Lipinski definition) is 7. The first-order valence-electron chi connectivity index (χ1n) is 8.45. The molecular formula is C17H18F3N5O2. The Hall–Kier alpha value is -2.88. The zero-order valence-corrected chi connectivity index (χ0v) is 14.2. The molecule has 4 rings (SSSR count). The van der Waals surface area contributed by atoms with Crippen LogP contribution in [0.15, 0.2) is 53.1 Å². The molecule has 0 saturated carbocycles. The van der Waals surface area contributed by atoms with Crippen LogP contribution in [0, 0.1) is 5.92 Å². The Morgan fingerprint density at radius 3 is 2.81 bits per heavy atom. The van der Waals surface area contributed by atoms with E-state index in [0.717, 1.165) is 37.6 Å². The minimum absolute atomic E-state index is 0.271. The van der Waals surface area contributed by atoms with Crippen molar-refractivity contribution in [1.29, 1.82) is 0 Å². The maximum absolute atomic E-state index is 12.2. The van der Waals surface area contributed by atoms with Gasteiger partial charge in [-0.3, -0.25) is 15.9 Å². The minimum atomic E-state index is -4.71. The quantitative estimate of drug-likeness (QED) is 0.818. The monoisotopic (exact) mass is 381 g/mol. The van der Waals surface area contributed by atoms with Crippen molar-refractivity contribution in [2.45, 2.75) is 12.8 Å². The number of anilines is 1. The largest absolute Gasteiger partial charge is 0.573 e. The van der Waals surface area contributed by atoms with E-state index in [1.807, 2.05) is 11.2 Å². The lowest BCUT2D eigenvalue weighted by Gasteiger charge is -2.24. The highest BCUT2D eigenvalue weighted by atomic mass is 19.4. The average Bonchev–Trinajstić information content (AvgIpc) is 3.25. The summed E-state index contributed by atoms with van der Waals surface area (Å²) in [4.78, 5) is 4.18. The van der Waals surface area contributed by atoms with Gasteiger partial charge in [0.2, 0.25) is 0 Å². The van der Waals surface area contributed by atoms with Crippen LogP contribution >= 0.6 is 0 Å². The van der Waals surface area contributed by atoms with Crippen molar-refractivity contribution in [3.8, 4) is 5.75 Å². The van der Waals surface area contributed by atoms with Crippen LogP contribution in [-0.4, -0.2) is 42.5 Å². The van der Waals surface area contributed by atoms with Crippen molar-refractivity contribution in [3.05, 3.63) is 48.1 Å². The van der Waals surface area contributed by atoms with Crippen molar-refractivity contribution in [2.24, 2.45) is 10.9 Å². The molecule has 1 saturated heterocycles. The van der Waals surface area contributed by atoms with E-state index < -0.39 is 6.36 Å². The highest BCUT2D eigenvalue weighted by molar-refractivity contribution is 5.67. The Morgan fingerprint density at radius 1 is 1.30 bits per heavy atom. The van der Waals surface area contributed by atoms with Crippen LogP contribution in [0.25, 0.3) is 0 Å². The summed E-state index contributed by atoms with van der Waals surface area (Å²) in [5.74, 6) is 0.200. The predicted octanol–water partition coefficient (Wildman–Crippen LogP) is 2.80. The predicted molar refractivity (Wildman–Crippen MR) is 92.0 cm³/mol. The maximum Gasteiger partial charge on any atom is 0.573 e. The fourth-order valence-corrected chi connectivity index (χ4v) is 3.05. The van der Waals surface area contributed by atoms with Crippen molar-refractivity contribution in [1.82, 2.24) is 15.4 Å². The van der Waals surface area contributed by atoms with Gasteiger partial charge in [-0.15, -0.1) is 13.2 Å². The molecule has 7 nitrogen and oxygen atoms in total. The van der Waals surface area contributed by atoms with Crippen molar-refractivity contribution in [3.63, 3.8) is 0 Å². The second-order valence-corrected chi connectivity index (χ2v) is 6.37. The third kappa shape index (κ3) is 4.27. The summed E-state index contributed by atoms with van der Waals surface area (Å²) >= 11 is 0. The molecule has 0 bridgehead atoms. The van der Waals surface area contributed by atoms with Crippen LogP contribution in [0.1, 0.15) is 6.42 Å². The van der Waals surface area contributed by atoms with Crippen molar-refractivity contribution in [2.75, 3.05) is 25.2 Å². The van der Waals surface area contributed by atoms with Gasteiger partial charge in [0.05, 0.1) is 24.2 Å². The van der Waals surface area contributed by atoms with Crippen LogP contribution in [0.4, 0.5) is 18.9 Å². The van der Waals surface area contributed by atoms with E-state index in [0.29, 0.717) is 11.6 Å². The average molecular weight is 381 g/mol. The standard InChI is InChI=1S/C17H18F3N5O2/c18-17(19,20)27-14-3-1-13(2-4-14)22-25-11-21-7-15-16(25)9-24(23-15)8-12-5-6-26-10-12/h1-4,7,9,11-12,22-23H,5-6,8,10H2. The summed E-state index contributed by atoms with van der Waals surface area (Å²) < 4.78 is 46.0. The van der Waals surface area contributed by atoms with E-state index in [1.54, 1.807) is 17.5 Å². The summed E-state index contributed by atoms with van der Waals surface area (Å²) in [6, 6.07) is 5.51. The molecule has 3 aliphatic rings. The first kappa shape index (κ1) is 17.5. The molecule has 144 valence electrons. The number of ether oxygens (including phenoxy) is 2. The topological polar surface area (TPSA) is 61.4 Å². The third-order valence-corrected chi connectivity index (χ3v) is 4.28. The number of nitrogens with one attached hydrogen (secondary N) is 2. The molecule has 0 aliphatic carbocycles. The fraction of sp³-hybridized carbons (Fsp3) is 0.353. The number of aliphatic imine (C=N–C) groups is 1. The first-order valence-corrected chi connectivity index (χ1v) is 8.45. The lowest BCUT2D eigenvalue weighted by atomic mass is 10.1. The second kappa shape index (κ2) is 7.03. The Morgan fingerprint density at radius 2 is 2.11 bits per heavy atom. The summed E-state index contributed by atoms with van der Waals surface area (Å²) in [7, 11) is 0. The van der Waals surface area contributed by atoms with E-state index in [1.165, 1.54) is 24.3 Å². The number of benzene rings is 1. The van der Waals surface area contributed by atoms with Crippen LogP contribution < -0.4 is 15.6 Å². The highest BCUT2D eigenvalue weighted by Gasteiger charge is 2.31. The molecular weight excluding hydrogens is 363 g/mol. The van der Waals surface area contributed by atoms with Crippen LogP contribution in [-0.2, 0) is 4.74 Å². The summed E-state index contributed by atoms with van der Waals surface area (Å²) in [6.45, 7) is 2.37. The number of fused-ring (bicyclic) bond motifs is 1. The molecule has 3 aliphatic heterocycles. The number of halogens is 3. The van der Waals surface area contributed by atoms with Crippen LogP contribution in [0.3, 0.4) is 0 Å². The van der Waals surface area contributed by atoms with E-state index >= 15 is 0 Å². The zero-order valence-electron chi connectivity index (χ0n) is 14.2. The Kier molecular flexibility index (Phi) is 4.56. The molecule has 1 unspecified atom stereocenters. The highest BCUT2D eigenvalue weighted by Crippen LogP contribution is 2.27. The lowest BCUT2D eigenvalue weighted by molar-refractivity contribution is -0.274. The molecule has 27 heavy (non-hydrogen) atoms. The normalized spacial score (nSPS) is 21.5. The zero-order chi connectivity index (χ0) is 18.9. The molecule has 0 spiro atoms. The third-order valence-electron chi connectivity index (χ3n) is 4.28. The first-order chi connectivity index (χ1) is 13.0. The molecule has 1 aromatic carbocycles. The summed E-state index contributed by atoms with van der Waals surface area (Å²) in [6.07, 6.45) is 1.60. The molecule has 1 aromatic rings. The molecule has 10 heteroatoms. The van der Waals surface area contributed by atoms with Crippen molar-refractivity contribution >= 4 is 12.0 Å². The van der Waals surface area contributed by atoms with Gasteiger partial charge in [-0.1, -0.05) is 0 Å². The van der Waals surface area contributed by atoms with E-state index in [2.05, 4.69) is 20.6 Å². The number of hydrogen-bond donors (Lipinski definition) is 2. The Bertz CT molecular complexity index is 770. The number of rotatable bonds is 5. The van der Waals surface area contributed by atoms with E-state index in [4.69, 9.17) is 4.74 Å². The summed E-state index contributed by atoms with van der Waals surface area (Å²) in [5.41, 5.74) is 8.67. The van der Waals surface area contributed by atoms with Gasteiger partial charge in [-0.05, 0) is 30.7 Å². The van der Waals surface area contributed by atoms with Crippen molar-refractivity contribution < 1.29 is 22.6 Å². The SMILES string of the molecule is FC(F)(F)Oc1ccc(NN2C=NC=C3NN(CC4CCOC4)C=C32)cc1. The molecule has 0 radical (unpaired) electrons. The van der Waals surface area contributed by atoms with Gasteiger partial charge in [0.15, 0.2) is 0 Å². The lowest BCUT2D eigenvalue weighted by Crippen LogP contribution is -2.34. The van der Waals surface area contributed by atoms with Gasteiger partial charge < -0.3 is 9.47 Å². The fourth-order valence-electron chi connectivity index (χ4n) is 3.05. The summed E-state index contributed by atoms with van der Waals surface area (Å²) in [5, 5.41) is 3.69. The molecule has 1 atom stereocenters. The van der Waals surface area contributed by atoms with E-state index in [-0.39, 0.29) is 5.75 Å². The van der Waals surface area contributed by atoms with Gasteiger partial charge in [-0.25, -0.2) is 10.0 Å². The molecule has 3 heterocycles. The molecule has 0 amide bonds. The van der Waals surface area contributed by atoms with Gasteiger partial charge in [0, 0.05) is 25.3 Å². The molecule has 0 aromatic heterocycles. The smallest absolute Gasteiger partial charge is 0.406 e. The maximum atomic E-state index is 12.2. The van der Waals surface area contributed by atoms with Gasteiger partial charge in [-0.2, -0.15) is 0 Å². The number of nitrogens with zero attached hydrogens (tertiary/aromatic N) is 3. The number of alkyl halides is 3. The molecule has 2 N–H and O–H groups in total. The second-order valence-electron chi connectivity index (χ2n) is 6.37. The van der Waals surface area contributed by atoms with E-state index in [9.17, 15) is 13.2 Å². The van der Waals surface area contributed by atoms with Crippen LogP contribution in [0.2, 0.25) is 0 Å². The Labute approximate surface area is 153 Å².